The Morgan fingerprint density at radius 1 is 1.05 bits per heavy atom. The van der Waals surface area contributed by atoms with Crippen LogP contribution >= 0.6 is 0 Å². The van der Waals surface area contributed by atoms with Crippen molar-refractivity contribution in [3.8, 4) is 5.75 Å². The Morgan fingerprint density at radius 2 is 1.90 bits per heavy atom. The lowest BCUT2D eigenvalue weighted by Gasteiger charge is -2.44. The van der Waals surface area contributed by atoms with Gasteiger partial charge in [0.25, 0.3) is 0 Å². The number of hydrogen-bond acceptors (Lipinski definition) is 2. The molecule has 1 aromatic carbocycles. The normalized spacial score (nSPS) is 31.4. The molecule has 0 radical (unpaired) electrons. The van der Waals surface area contributed by atoms with Crippen LogP contribution in [0.2, 0.25) is 0 Å². The van der Waals surface area contributed by atoms with E-state index in [9.17, 15) is 0 Å². The maximum atomic E-state index is 5.39. The second-order valence-electron chi connectivity index (χ2n) is 6.50. The number of ether oxygens (including phenoxy) is 1. The van der Waals surface area contributed by atoms with Crippen molar-refractivity contribution >= 4 is 0 Å². The molecule has 1 aliphatic carbocycles. The van der Waals surface area contributed by atoms with Gasteiger partial charge in [-0.25, -0.2) is 0 Å². The van der Waals surface area contributed by atoms with Gasteiger partial charge in [0, 0.05) is 12.1 Å². The smallest absolute Gasteiger partial charge is 0.119 e. The van der Waals surface area contributed by atoms with Gasteiger partial charge < -0.3 is 4.74 Å². The second-order valence-corrected chi connectivity index (χ2v) is 6.50. The number of benzene rings is 1. The molecule has 3 unspecified atom stereocenters. The summed E-state index contributed by atoms with van der Waals surface area (Å²) < 4.78 is 5.39. The van der Waals surface area contributed by atoms with Gasteiger partial charge in [0.2, 0.25) is 0 Å². The molecule has 0 aromatic heterocycles. The average molecular weight is 273 g/mol. The molecule has 0 amide bonds. The molecule has 2 nitrogen and oxygen atoms in total. The third kappa shape index (κ3) is 2.71. The lowest BCUT2D eigenvalue weighted by atomic mass is 9.81. The Hall–Kier alpha value is -1.02. The van der Waals surface area contributed by atoms with Gasteiger partial charge in [-0.05, 0) is 56.3 Å². The van der Waals surface area contributed by atoms with Crippen molar-refractivity contribution in [3.05, 3.63) is 29.8 Å². The first-order valence-corrected chi connectivity index (χ1v) is 8.15. The summed E-state index contributed by atoms with van der Waals surface area (Å²) in [7, 11) is 4.09. The van der Waals surface area contributed by atoms with E-state index in [1.54, 1.807) is 7.11 Å². The van der Waals surface area contributed by atoms with E-state index in [0.29, 0.717) is 6.04 Å². The number of fused-ring (bicyclic) bond motifs is 1. The molecule has 0 N–H and O–H groups in total. The van der Waals surface area contributed by atoms with Crippen molar-refractivity contribution in [1.29, 1.82) is 0 Å². The topological polar surface area (TPSA) is 12.5 Å². The first-order chi connectivity index (χ1) is 9.79. The molecule has 2 heteroatoms. The molecule has 1 aliphatic heterocycles. The van der Waals surface area contributed by atoms with Crippen LogP contribution in [0.1, 0.15) is 56.6 Å². The van der Waals surface area contributed by atoms with Crippen molar-refractivity contribution in [2.45, 2.75) is 57.0 Å². The highest BCUT2D eigenvalue weighted by Gasteiger charge is 2.35. The minimum absolute atomic E-state index is 0.574. The van der Waals surface area contributed by atoms with E-state index < -0.39 is 0 Å². The Kier molecular flexibility index (Phi) is 4.30. The van der Waals surface area contributed by atoms with Crippen molar-refractivity contribution in [1.82, 2.24) is 4.90 Å². The number of hydrogen-bond donors (Lipinski definition) is 0. The fourth-order valence-electron chi connectivity index (χ4n) is 4.30. The summed E-state index contributed by atoms with van der Waals surface area (Å²) in [5.41, 5.74) is 1.43. The lowest BCUT2D eigenvalue weighted by molar-refractivity contribution is 0.0588. The Bertz CT molecular complexity index is 445. The number of likely N-dealkylation sites (tertiary alicyclic amines) is 1. The third-order valence-electron chi connectivity index (χ3n) is 5.42. The Morgan fingerprint density at radius 3 is 2.75 bits per heavy atom. The van der Waals surface area contributed by atoms with Crippen molar-refractivity contribution in [3.63, 3.8) is 0 Å². The summed E-state index contributed by atoms with van der Waals surface area (Å²) in [4.78, 5) is 2.66. The van der Waals surface area contributed by atoms with Gasteiger partial charge in [0.15, 0.2) is 0 Å². The molecular weight excluding hydrogens is 246 g/mol. The highest BCUT2D eigenvalue weighted by atomic mass is 16.5. The van der Waals surface area contributed by atoms with Gasteiger partial charge in [0.05, 0.1) is 7.11 Å². The zero-order valence-electron chi connectivity index (χ0n) is 12.8. The van der Waals surface area contributed by atoms with Gasteiger partial charge in [0.1, 0.15) is 5.75 Å². The zero-order valence-corrected chi connectivity index (χ0v) is 12.8. The molecule has 0 bridgehead atoms. The molecular formula is C18H27NO. The van der Waals surface area contributed by atoms with E-state index in [1.165, 1.54) is 50.5 Å². The van der Waals surface area contributed by atoms with Gasteiger partial charge >= 0.3 is 0 Å². The van der Waals surface area contributed by atoms with Crippen LogP contribution in [0, 0.1) is 5.92 Å². The van der Waals surface area contributed by atoms with E-state index in [0.717, 1.165) is 17.7 Å². The molecule has 2 aliphatic rings. The fraction of sp³-hybridized carbons (Fsp3) is 0.667. The number of methoxy groups -OCH3 is 1. The summed E-state index contributed by atoms with van der Waals surface area (Å²) in [6.07, 6.45) is 9.82. The third-order valence-corrected chi connectivity index (χ3v) is 5.42. The first-order valence-electron chi connectivity index (χ1n) is 8.15. The predicted octanol–water partition coefficient (Wildman–Crippen LogP) is 4.41. The largest absolute Gasteiger partial charge is 0.497 e. The highest BCUT2D eigenvalue weighted by Crippen LogP contribution is 2.41. The van der Waals surface area contributed by atoms with Crippen LogP contribution in [0.3, 0.4) is 0 Å². The standard InChI is InChI=1S/C18H27NO/c1-19-17-10-5-3-4-7-14(17)11-12-18(19)15-8-6-9-16(13-15)20-2/h6,8-9,13-14,17-18H,3-5,7,10-12H2,1-2H3. The van der Waals surface area contributed by atoms with E-state index in [1.807, 2.05) is 6.07 Å². The van der Waals surface area contributed by atoms with Crippen LogP contribution in [-0.4, -0.2) is 25.1 Å². The minimum atomic E-state index is 0.574. The minimum Gasteiger partial charge on any atom is -0.497 e. The van der Waals surface area contributed by atoms with Crippen LogP contribution in [0.5, 0.6) is 5.75 Å². The molecule has 1 heterocycles. The van der Waals surface area contributed by atoms with Gasteiger partial charge in [-0.3, -0.25) is 4.90 Å². The number of rotatable bonds is 2. The molecule has 1 saturated heterocycles. The molecule has 20 heavy (non-hydrogen) atoms. The molecule has 1 aromatic rings. The number of piperidine rings is 1. The molecule has 0 spiro atoms. The molecule has 3 atom stereocenters. The van der Waals surface area contributed by atoms with E-state index in [-0.39, 0.29) is 0 Å². The van der Waals surface area contributed by atoms with Crippen LogP contribution in [0.25, 0.3) is 0 Å². The zero-order chi connectivity index (χ0) is 13.9. The maximum absolute atomic E-state index is 5.39. The Labute approximate surface area is 123 Å². The van der Waals surface area contributed by atoms with Crippen molar-refractivity contribution in [2.75, 3.05) is 14.2 Å². The van der Waals surface area contributed by atoms with Crippen LogP contribution in [0.15, 0.2) is 24.3 Å². The molecule has 110 valence electrons. The summed E-state index contributed by atoms with van der Waals surface area (Å²) in [5, 5.41) is 0. The Balaban J connectivity index is 1.80. The van der Waals surface area contributed by atoms with E-state index in [2.05, 4.69) is 30.1 Å². The van der Waals surface area contributed by atoms with E-state index >= 15 is 0 Å². The summed E-state index contributed by atoms with van der Waals surface area (Å²) >= 11 is 0. The van der Waals surface area contributed by atoms with Gasteiger partial charge in [-0.2, -0.15) is 0 Å². The average Bonchev–Trinajstić information content (AvgIpc) is 2.73. The van der Waals surface area contributed by atoms with Crippen molar-refractivity contribution in [2.24, 2.45) is 5.92 Å². The molecule has 1 saturated carbocycles. The van der Waals surface area contributed by atoms with Gasteiger partial charge in [-0.1, -0.05) is 31.4 Å². The quantitative estimate of drug-likeness (QED) is 0.791. The summed E-state index contributed by atoms with van der Waals surface area (Å²) in [5.74, 6) is 1.92. The summed E-state index contributed by atoms with van der Waals surface area (Å²) in [6, 6.07) is 10.0. The van der Waals surface area contributed by atoms with Crippen LogP contribution in [0.4, 0.5) is 0 Å². The van der Waals surface area contributed by atoms with Crippen molar-refractivity contribution < 1.29 is 4.74 Å². The fourth-order valence-corrected chi connectivity index (χ4v) is 4.30. The lowest BCUT2D eigenvalue weighted by Crippen LogP contribution is -2.44. The summed E-state index contributed by atoms with van der Waals surface area (Å²) in [6.45, 7) is 0. The second kappa shape index (κ2) is 6.17. The SMILES string of the molecule is COc1cccc(C2CCC3CCCCCC3N2C)c1. The van der Waals surface area contributed by atoms with Crippen LogP contribution < -0.4 is 4.74 Å². The molecule has 2 fully saturated rings. The monoisotopic (exact) mass is 273 g/mol. The maximum Gasteiger partial charge on any atom is 0.119 e. The van der Waals surface area contributed by atoms with E-state index in [4.69, 9.17) is 4.74 Å². The predicted molar refractivity (Wildman–Crippen MR) is 83.1 cm³/mol. The first kappa shape index (κ1) is 13.9. The molecule has 3 rings (SSSR count). The van der Waals surface area contributed by atoms with Gasteiger partial charge in [-0.15, -0.1) is 0 Å². The highest BCUT2D eigenvalue weighted by molar-refractivity contribution is 5.31. The number of nitrogens with zero attached hydrogens (tertiary/aromatic N) is 1. The van der Waals surface area contributed by atoms with Crippen LogP contribution in [-0.2, 0) is 0 Å².